The minimum Gasteiger partial charge on any atom is -0.423 e. The predicted octanol–water partition coefficient (Wildman–Crippen LogP) is -0.0637. The van der Waals surface area contributed by atoms with Crippen LogP contribution in [-0.4, -0.2) is 45.6 Å². The Hall–Kier alpha value is -1.08. The Kier molecular flexibility index (Phi) is 6.52. The van der Waals surface area contributed by atoms with Crippen molar-refractivity contribution in [2.24, 2.45) is 0 Å². The van der Waals surface area contributed by atoms with Gasteiger partial charge < -0.3 is 25.6 Å². The molecule has 0 amide bonds. The summed E-state index contributed by atoms with van der Waals surface area (Å²) in [7, 11) is 0.436. The Bertz CT molecular complexity index is 354. The van der Waals surface area contributed by atoms with Gasteiger partial charge in [0, 0.05) is 12.7 Å². The topological polar surface area (TPSA) is 93.0 Å². The Morgan fingerprint density at radius 2 is 1.26 bits per heavy atom. The van der Waals surface area contributed by atoms with Crippen molar-refractivity contribution in [2.75, 3.05) is 12.4 Å². The van der Waals surface area contributed by atoms with Gasteiger partial charge in [-0.05, 0) is 45.3 Å². The lowest BCUT2D eigenvalue weighted by Crippen LogP contribution is -2.44. The normalized spacial score (nSPS) is 11.4. The molecule has 0 atom stereocenters. The van der Waals surface area contributed by atoms with E-state index in [4.69, 9.17) is 20.3 Å². The maximum Gasteiger partial charge on any atom is 0.488 e. The Morgan fingerprint density at radius 3 is 1.47 bits per heavy atom. The van der Waals surface area contributed by atoms with Crippen LogP contribution in [0.3, 0.4) is 0 Å². The van der Waals surface area contributed by atoms with Crippen LogP contribution in [0.4, 0.5) is 5.69 Å². The summed E-state index contributed by atoms with van der Waals surface area (Å²) in [6.45, 7) is 6.31. The van der Waals surface area contributed by atoms with Crippen LogP contribution in [0, 0.1) is 0 Å². The third-order valence-electron chi connectivity index (χ3n) is 2.99. The maximum atomic E-state index is 9.10. The summed E-state index contributed by atoms with van der Waals surface area (Å²) in [5.41, 5.74) is -0.557. The van der Waals surface area contributed by atoms with E-state index in [0.29, 0.717) is 5.46 Å². The smallest absolute Gasteiger partial charge is 0.423 e. The van der Waals surface area contributed by atoms with Crippen molar-refractivity contribution in [3.63, 3.8) is 0 Å². The molecule has 0 unspecified atom stereocenters. The molecule has 0 aliphatic heterocycles. The summed E-state index contributed by atoms with van der Waals surface area (Å²) in [5, 5.41) is 38.6. The molecule has 1 rings (SSSR count). The molecule has 0 radical (unpaired) electrons. The highest BCUT2D eigenvalue weighted by molar-refractivity contribution is 6.58. The van der Waals surface area contributed by atoms with Gasteiger partial charge in [0.05, 0.1) is 11.2 Å². The van der Waals surface area contributed by atoms with Gasteiger partial charge in [-0.2, -0.15) is 0 Å². The quantitative estimate of drug-likeness (QED) is 0.496. The fraction of sp³-hybridized carbons (Fsp3) is 0.538. The predicted molar refractivity (Wildman–Crippen MR) is 78.4 cm³/mol. The van der Waals surface area contributed by atoms with Gasteiger partial charge >= 0.3 is 7.12 Å². The number of hydrogen-bond acceptors (Lipinski definition) is 5. The minimum absolute atomic E-state index is 0.504. The van der Waals surface area contributed by atoms with E-state index in [0.717, 1.165) is 5.69 Å². The molecule has 1 aromatic rings. The number of rotatable bonds is 3. The van der Waals surface area contributed by atoms with Crippen molar-refractivity contribution in [2.45, 2.75) is 38.9 Å². The van der Waals surface area contributed by atoms with E-state index < -0.39 is 18.3 Å². The summed E-state index contributed by atoms with van der Waals surface area (Å²) in [6, 6.07) is 6.90. The summed E-state index contributed by atoms with van der Waals surface area (Å²) in [6.07, 6.45) is 0. The first kappa shape index (κ1) is 17.9. The first-order valence-corrected chi connectivity index (χ1v) is 6.07. The second-order valence-electron chi connectivity index (χ2n) is 5.36. The number of hydrogen-bond donors (Lipinski definition) is 5. The van der Waals surface area contributed by atoms with Crippen molar-refractivity contribution in [3.05, 3.63) is 24.3 Å². The fourth-order valence-electron chi connectivity index (χ4n) is 0.822. The maximum absolute atomic E-state index is 9.10. The van der Waals surface area contributed by atoms with Crippen LogP contribution in [0.1, 0.15) is 27.7 Å². The van der Waals surface area contributed by atoms with Crippen LogP contribution < -0.4 is 10.8 Å². The van der Waals surface area contributed by atoms with E-state index in [-0.39, 0.29) is 0 Å². The van der Waals surface area contributed by atoms with Crippen molar-refractivity contribution < 1.29 is 20.3 Å². The summed E-state index contributed by atoms with van der Waals surface area (Å²) < 4.78 is 0. The zero-order chi connectivity index (χ0) is 15.3. The molecule has 0 saturated carbocycles. The molecule has 0 aromatic heterocycles. The van der Waals surface area contributed by atoms with Gasteiger partial charge in [0.2, 0.25) is 0 Å². The monoisotopic (exact) mass is 269 g/mol. The van der Waals surface area contributed by atoms with Crippen molar-refractivity contribution in [1.82, 2.24) is 0 Å². The third-order valence-corrected chi connectivity index (χ3v) is 2.99. The van der Waals surface area contributed by atoms with Gasteiger partial charge in [-0.25, -0.2) is 0 Å². The average molecular weight is 269 g/mol. The molecule has 0 heterocycles. The zero-order valence-corrected chi connectivity index (χ0v) is 12.2. The van der Waals surface area contributed by atoms with Crippen molar-refractivity contribution >= 4 is 18.3 Å². The van der Waals surface area contributed by atoms with Gasteiger partial charge in [0.15, 0.2) is 0 Å². The first-order chi connectivity index (χ1) is 8.49. The lowest BCUT2D eigenvalue weighted by Gasteiger charge is -2.31. The molecule has 0 spiro atoms. The van der Waals surface area contributed by atoms with E-state index >= 15 is 0 Å². The Labute approximate surface area is 115 Å². The lowest BCUT2D eigenvalue weighted by molar-refractivity contribution is -0.107. The number of aliphatic hydroxyl groups is 2. The molecule has 0 fully saturated rings. The Morgan fingerprint density at radius 1 is 0.895 bits per heavy atom. The molecule has 0 aliphatic rings. The van der Waals surface area contributed by atoms with Crippen LogP contribution in [0.15, 0.2) is 24.3 Å². The minimum atomic E-state index is -1.37. The van der Waals surface area contributed by atoms with E-state index in [1.165, 1.54) is 0 Å². The molecule has 108 valence electrons. The molecule has 0 saturated heterocycles. The van der Waals surface area contributed by atoms with Gasteiger partial charge in [0.25, 0.3) is 0 Å². The zero-order valence-electron chi connectivity index (χ0n) is 12.2. The Balaban J connectivity index is 0.000000362. The molecule has 6 heteroatoms. The SMILES string of the molecule is CC(C)(O)C(C)(C)O.CNc1ccc(B(O)O)cc1. The van der Waals surface area contributed by atoms with E-state index in [9.17, 15) is 0 Å². The van der Waals surface area contributed by atoms with Crippen LogP contribution >= 0.6 is 0 Å². The van der Waals surface area contributed by atoms with Crippen molar-refractivity contribution in [3.8, 4) is 0 Å². The van der Waals surface area contributed by atoms with Crippen LogP contribution in [0.5, 0.6) is 0 Å². The lowest BCUT2D eigenvalue weighted by atomic mass is 9.80. The molecular formula is C13H24BNO4. The van der Waals surface area contributed by atoms with Crippen LogP contribution in [-0.2, 0) is 0 Å². The second kappa shape index (κ2) is 6.91. The van der Waals surface area contributed by atoms with Gasteiger partial charge in [0.1, 0.15) is 0 Å². The van der Waals surface area contributed by atoms with Gasteiger partial charge in [-0.15, -0.1) is 0 Å². The largest absolute Gasteiger partial charge is 0.488 e. The molecule has 5 nitrogen and oxygen atoms in total. The van der Waals surface area contributed by atoms with E-state index in [2.05, 4.69) is 5.32 Å². The average Bonchev–Trinajstić information content (AvgIpc) is 2.27. The highest BCUT2D eigenvalue weighted by atomic mass is 16.4. The van der Waals surface area contributed by atoms with Gasteiger partial charge in [-0.3, -0.25) is 0 Å². The fourth-order valence-corrected chi connectivity index (χ4v) is 0.822. The highest BCUT2D eigenvalue weighted by Crippen LogP contribution is 2.19. The molecule has 1 aromatic carbocycles. The molecule has 0 bridgehead atoms. The summed E-state index contributed by atoms with van der Waals surface area (Å²) in [4.78, 5) is 0. The number of nitrogens with one attached hydrogen (secondary N) is 1. The van der Waals surface area contributed by atoms with Crippen molar-refractivity contribution in [1.29, 1.82) is 0 Å². The van der Waals surface area contributed by atoms with E-state index in [1.807, 2.05) is 7.05 Å². The van der Waals surface area contributed by atoms with Crippen LogP contribution in [0.25, 0.3) is 0 Å². The third kappa shape index (κ3) is 6.59. The molecule has 0 aliphatic carbocycles. The first-order valence-electron chi connectivity index (χ1n) is 6.07. The van der Waals surface area contributed by atoms with E-state index in [1.54, 1.807) is 52.0 Å². The second-order valence-corrected chi connectivity index (χ2v) is 5.36. The number of anilines is 1. The summed E-state index contributed by atoms with van der Waals surface area (Å²) >= 11 is 0. The standard InChI is InChI=1S/C7H10BNO2.C6H14O2/c1-9-7-4-2-6(3-5-7)8(10)11;1-5(2,7)6(3,4)8/h2-5,9-11H,1H3;7-8H,1-4H3. The molecule has 5 N–H and O–H groups in total. The molecular weight excluding hydrogens is 245 g/mol. The highest BCUT2D eigenvalue weighted by Gasteiger charge is 2.31. The van der Waals surface area contributed by atoms with Gasteiger partial charge in [-0.1, -0.05) is 12.1 Å². The number of benzene rings is 1. The molecule has 19 heavy (non-hydrogen) atoms. The summed E-state index contributed by atoms with van der Waals surface area (Å²) in [5.74, 6) is 0. The van der Waals surface area contributed by atoms with Crippen LogP contribution in [0.2, 0.25) is 0 Å².